The quantitative estimate of drug-likeness (QED) is 0.0106. The van der Waals surface area contributed by atoms with Crippen LogP contribution in [0.1, 0.15) is 223 Å². The first-order chi connectivity index (χ1) is 65.4. The normalized spacial score (nSPS) is 13.3. The number of hydrogen-bond acceptors (Lipinski definition) is 22. The first-order valence-electron chi connectivity index (χ1n) is 45.2. The van der Waals surface area contributed by atoms with Crippen LogP contribution in [0.4, 0.5) is 96.6 Å². The zero-order valence-electron chi connectivity index (χ0n) is 85.3. The van der Waals surface area contributed by atoms with Crippen molar-refractivity contribution >= 4 is 17.5 Å². The molecule has 15 N–H and O–H groups in total. The number of rotatable bonds is 34. The van der Waals surface area contributed by atoms with Crippen LogP contribution in [0.2, 0.25) is 0 Å². The van der Waals surface area contributed by atoms with E-state index in [9.17, 15) is 106 Å². The number of benzene rings is 7. The van der Waals surface area contributed by atoms with Crippen LogP contribution in [0.5, 0.6) is 69.0 Å². The fraction of sp³-hybridized carbons (Fsp3) is 0.570. The van der Waals surface area contributed by atoms with Gasteiger partial charge in [0.25, 0.3) is 0 Å². The molecule has 0 aromatic heterocycles. The lowest BCUT2D eigenvalue weighted by molar-refractivity contribution is -0.275. The molecule has 4 unspecified atom stereocenters. The van der Waals surface area contributed by atoms with E-state index in [4.69, 9.17) is 73.3 Å². The molecule has 0 aliphatic heterocycles. The summed E-state index contributed by atoms with van der Waals surface area (Å²) in [6.45, 7) is 45.8. The van der Waals surface area contributed by atoms with Crippen molar-refractivity contribution < 1.29 is 163 Å². The summed E-state index contributed by atoms with van der Waals surface area (Å²) in [4.78, 5) is 11.4. The summed E-state index contributed by atoms with van der Waals surface area (Å²) in [6.07, 6.45) is -28.4. The number of aliphatic hydroxyl groups excluding tert-OH is 1. The molecule has 0 radical (unpaired) electrons. The highest BCUT2D eigenvalue weighted by Gasteiger charge is 2.39. The molecule has 0 bridgehead atoms. The highest BCUT2D eigenvalue weighted by Crippen LogP contribution is 2.46. The predicted molar refractivity (Wildman–Crippen MR) is 512 cm³/mol. The van der Waals surface area contributed by atoms with Crippen molar-refractivity contribution in [2.75, 3.05) is 85.5 Å². The standard InChI is InChI=1S/2C15H22F3NO2.C14H19F4NO2.C14H20F3NO3.C14H18F3NO3.C14H20F3NOS.C14H20F3NO/c1-10(8-19)9-20-13-7-11(21-15(16,17)18)5-6-12(13)14(2,3)4;1-10(19)7-8-20-13-9-11(21-15(16,17)18)5-6-12(13)14(2,3)4;1-13(2,3)11-5-4-10(21-14(16,17)18)6-12(11)20-8-9(15)7-19;2*1-13(2,3)11-5-4-10(21-14(15,16)17)6-12(11)20-8-9(19)7-18;1-13(2,3)11-9-10(20-14(15,16)17)5-6-12(11)19-8-4-7-18;1-13(2,3)11-9-10(14(15,16)17)5-6-12(11)19-8-4-7-18/h5-7,10H,8-9,19H2,1-4H3;5-6,9-10H,7-8,19H2,1-4H3;4-6,9H,7-8,19H2,1-3H3;4-6,9,19H,7-8,18H2,1-3H3;4-6H,7-8,18H2,1-3H3;5-6,9H,4,7-8,18H2,1-3H3;5-6,9H,4,7-8,18H2,1-3H3. The van der Waals surface area contributed by atoms with Gasteiger partial charge in [-0.3, -0.25) is 4.79 Å². The Kier molecular flexibility index (Phi) is 52.4. The zero-order valence-corrected chi connectivity index (χ0v) is 86.1. The Labute approximate surface area is 832 Å². The van der Waals surface area contributed by atoms with E-state index < -0.39 is 78.2 Å². The van der Waals surface area contributed by atoms with Gasteiger partial charge in [0.1, 0.15) is 101 Å². The fourth-order valence-electron chi connectivity index (χ4n) is 11.9. The number of thioether (sulfide) groups is 1. The number of ketones is 1. The molecule has 0 spiro atoms. The third-order valence-electron chi connectivity index (χ3n) is 19.0. The molecule has 0 aliphatic carbocycles. The molecule has 0 saturated carbocycles. The van der Waals surface area contributed by atoms with Gasteiger partial charge in [-0.25, -0.2) is 4.39 Å². The molecule has 7 aromatic rings. The van der Waals surface area contributed by atoms with Gasteiger partial charge in [0.2, 0.25) is 0 Å². The van der Waals surface area contributed by atoms with Crippen LogP contribution in [0.25, 0.3) is 0 Å². The first kappa shape index (κ1) is 132. The smallest absolute Gasteiger partial charge is 0.493 e. The van der Waals surface area contributed by atoms with E-state index in [0.717, 1.165) is 47.0 Å². The van der Waals surface area contributed by atoms with Crippen molar-refractivity contribution in [3.8, 4) is 69.0 Å². The van der Waals surface area contributed by atoms with E-state index in [1.807, 2.05) is 159 Å². The van der Waals surface area contributed by atoms with Gasteiger partial charge in [-0.15, -0.1) is 65.9 Å². The van der Waals surface area contributed by atoms with Crippen LogP contribution >= 0.6 is 11.8 Å². The maximum Gasteiger partial charge on any atom is 0.573 e. The summed E-state index contributed by atoms with van der Waals surface area (Å²) in [7, 11) is 0. The van der Waals surface area contributed by atoms with Gasteiger partial charge in [0.05, 0.1) is 38.5 Å². The molecular formula is C100H141F22N7O14S. The molecule has 820 valence electrons. The summed E-state index contributed by atoms with van der Waals surface area (Å²) in [5.41, 5.74) is 35.3. The number of carbonyl (C=O) groups is 1. The summed E-state index contributed by atoms with van der Waals surface area (Å²) in [5.74, 6) is 0.482. The number of Topliss-reactive ketones (excluding diaryl/α,β-unsaturated/α-hetero) is 1. The van der Waals surface area contributed by atoms with Crippen molar-refractivity contribution in [3.05, 3.63) is 172 Å². The van der Waals surface area contributed by atoms with Crippen LogP contribution in [0.15, 0.2) is 132 Å². The molecule has 0 fully saturated rings. The molecule has 144 heavy (non-hydrogen) atoms. The molecule has 0 aliphatic rings. The SMILES string of the molecule is CC(C)(C)c1cc(C(F)(F)F)ccc1OCCCN.CC(C)(C)c1cc(SC(F)(F)F)ccc1OCCCN.CC(C)(C)c1ccc(OC(F)(F)F)cc1OCC(=O)CN.CC(C)(C)c1ccc(OC(F)(F)F)cc1OCC(F)CN.CC(C)(C)c1ccc(OC(F)(F)F)cc1OCC(O)CN.CC(CN)COc1cc(OC(F)(F)F)ccc1C(C)(C)C.CC(N)CCOc1cc(OC(F)(F)F)ccc1C(C)(C)C. The van der Waals surface area contributed by atoms with E-state index in [2.05, 4.69) is 23.7 Å². The van der Waals surface area contributed by atoms with Gasteiger partial charge in [-0.1, -0.05) is 183 Å². The third kappa shape index (κ3) is 55.2. The minimum atomic E-state index is -4.79. The van der Waals surface area contributed by atoms with Crippen molar-refractivity contribution in [3.63, 3.8) is 0 Å². The number of halogens is 22. The fourth-order valence-corrected chi connectivity index (χ4v) is 12.5. The van der Waals surface area contributed by atoms with Crippen LogP contribution in [-0.4, -0.2) is 152 Å². The molecule has 44 heteroatoms. The number of hydrogen-bond donors (Lipinski definition) is 8. The number of carbonyl (C=O) groups excluding carboxylic acids is 1. The predicted octanol–water partition coefficient (Wildman–Crippen LogP) is 24.8. The molecule has 7 aromatic carbocycles. The van der Waals surface area contributed by atoms with E-state index in [-0.39, 0.29) is 141 Å². The largest absolute Gasteiger partial charge is 0.573 e. The summed E-state index contributed by atoms with van der Waals surface area (Å²) in [6, 6.07) is 28.0. The number of alkyl halides is 22. The van der Waals surface area contributed by atoms with E-state index >= 15 is 0 Å². The zero-order chi connectivity index (χ0) is 111. The van der Waals surface area contributed by atoms with Crippen molar-refractivity contribution in [2.24, 2.45) is 46.1 Å². The van der Waals surface area contributed by atoms with Crippen LogP contribution in [-0.2, 0) is 48.9 Å². The second kappa shape index (κ2) is 57.0. The second-order valence-electron chi connectivity index (χ2n) is 39.8. The van der Waals surface area contributed by atoms with E-state index in [0.29, 0.717) is 111 Å². The van der Waals surface area contributed by atoms with E-state index in [1.165, 1.54) is 72.8 Å². The Morgan fingerprint density at radius 1 is 0.333 bits per heavy atom. The Hall–Kier alpha value is -9.70. The van der Waals surface area contributed by atoms with Crippen LogP contribution < -0.4 is 97.0 Å². The Balaban J connectivity index is 0.000000840. The highest BCUT2D eigenvalue weighted by atomic mass is 32.2. The van der Waals surface area contributed by atoms with Crippen LogP contribution in [0.3, 0.4) is 0 Å². The molecule has 21 nitrogen and oxygen atoms in total. The number of ether oxygens (including phenoxy) is 12. The van der Waals surface area contributed by atoms with Gasteiger partial charge in [0.15, 0.2) is 5.78 Å². The van der Waals surface area contributed by atoms with Gasteiger partial charge in [-0.2, -0.15) is 26.3 Å². The average Bonchev–Trinajstić information content (AvgIpc) is 0.804. The monoisotopic (exact) mass is 2110 g/mol. The Morgan fingerprint density at radius 3 is 0.896 bits per heavy atom. The maximum atomic E-state index is 13.2. The minimum absolute atomic E-state index is 0.00356. The molecule has 0 amide bonds. The molecule has 4 atom stereocenters. The second-order valence-corrected chi connectivity index (χ2v) is 41.0. The lowest BCUT2D eigenvalue weighted by Crippen LogP contribution is -2.27. The highest BCUT2D eigenvalue weighted by molar-refractivity contribution is 8.00. The van der Waals surface area contributed by atoms with Crippen molar-refractivity contribution in [2.45, 2.75) is 283 Å². The lowest BCUT2D eigenvalue weighted by Gasteiger charge is -2.24. The van der Waals surface area contributed by atoms with Crippen LogP contribution in [0, 0.1) is 5.92 Å². The van der Waals surface area contributed by atoms with Gasteiger partial charge < -0.3 is 102 Å². The van der Waals surface area contributed by atoms with Gasteiger partial charge in [0, 0.05) is 71.4 Å². The molecule has 0 heterocycles. The Morgan fingerprint density at radius 2 is 0.625 bits per heavy atom. The average molecular weight is 2120 g/mol. The Bertz CT molecular complexity index is 4740. The molecule has 0 saturated heterocycles. The maximum absolute atomic E-state index is 13.2. The van der Waals surface area contributed by atoms with Gasteiger partial charge >= 0.3 is 43.5 Å². The number of aliphatic hydroxyl groups is 1. The van der Waals surface area contributed by atoms with Crippen molar-refractivity contribution in [1.82, 2.24) is 0 Å². The topological polar surface area (TPSA) is 330 Å². The minimum Gasteiger partial charge on any atom is -0.493 e. The summed E-state index contributed by atoms with van der Waals surface area (Å²) in [5, 5.41) is 9.41. The number of nitrogens with two attached hydrogens (primary N) is 7. The summed E-state index contributed by atoms with van der Waals surface area (Å²) >= 11 is -0.107. The summed E-state index contributed by atoms with van der Waals surface area (Å²) < 4.78 is 330. The van der Waals surface area contributed by atoms with Gasteiger partial charge in [-0.05, 0) is 190 Å². The molecular weight excluding hydrogens is 1970 g/mol. The molecule has 7 rings (SSSR count). The first-order valence-corrected chi connectivity index (χ1v) is 46.0. The third-order valence-corrected chi connectivity index (χ3v) is 19.8. The van der Waals surface area contributed by atoms with E-state index in [1.54, 1.807) is 24.3 Å². The lowest BCUT2D eigenvalue weighted by atomic mass is 9.85. The van der Waals surface area contributed by atoms with Crippen molar-refractivity contribution in [1.29, 1.82) is 0 Å².